The first-order valence-corrected chi connectivity index (χ1v) is 4.29. The Bertz CT molecular complexity index is 170. The molecule has 0 aromatic heterocycles. The molecule has 0 bridgehead atoms. The van der Waals surface area contributed by atoms with Crippen LogP contribution in [0.1, 0.15) is 13.3 Å². The maximum Gasteiger partial charge on any atom is 0.304 e. The van der Waals surface area contributed by atoms with Gasteiger partial charge in [-0.25, -0.2) is 0 Å². The first kappa shape index (κ1) is 12.1. The molecular formula is C9H17NO3. The van der Waals surface area contributed by atoms with Crippen LogP contribution in [0.2, 0.25) is 0 Å². The predicted molar refractivity (Wildman–Crippen MR) is 50.6 cm³/mol. The summed E-state index contributed by atoms with van der Waals surface area (Å²) in [5.74, 6) is -0.820. The molecular weight excluding hydrogens is 170 g/mol. The monoisotopic (exact) mass is 187 g/mol. The molecule has 0 aliphatic carbocycles. The molecule has 0 spiro atoms. The molecule has 2 N–H and O–H groups in total. The average molecular weight is 187 g/mol. The van der Waals surface area contributed by atoms with Crippen molar-refractivity contribution in [1.82, 2.24) is 4.90 Å². The third-order valence-electron chi connectivity index (χ3n) is 1.84. The van der Waals surface area contributed by atoms with E-state index in [1.807, 2.05) is 11.8 Å². The number of rotatable bonds is 7. The van der Waals surface area contributed by atoms with Crippen LogP contribution in [0.5, 0.6) is 0 Å². The third kappa shape index (κ3) is 5.38. The van der Waals surface area contributed by atoms with Crippen molar-refractivity contribution in [1.29, 1.82) is 0 Å². The standard InChI is InChI=1S/C9H17NO3/c1-3-4-10(5-6-11)8(2)7-9(12)13/h3,8,11H,1,4-7H2,2H3,(H,12,13). The maximum absolute atomic E-state index is 10.4. The van der Waals surface area contributed by atoms with Crippen molar-refractivity contribution in [2.45, 2.75) is 19.4 Å². The van der Waals surface area contributed by atoms with Crippen LogP contribution in [0.4, 0.5) is 0 Å². The van der Waals surface area contributed by atoms with Crippen molar-refractivity contribution >= 4 is 5.97 Å². The number of carbonyl (C=O) groups is 1. The number of hydrogen-bond donors (Lipinski definition) is 2. The molecule has 0 amide bonds. The first-order chi connectivity index (χ1) is 6.11. The third-order valence-corrected chi connectivity index (χ3v) is 1.84. The Kier molecular flexibility index (Phi) is 6.18. The van der Waals surface area contributed by atoms with E-state index in [-0.39, 0.29) is 19.1 Å². The summed E-state index contributed by atoms with van der Waals surface area (Å²) in [5, 5.41) is 17.3. The average Bonchev–Trinajstić information content (AvgIpc) is 2.02. The van der Waals surface area contributed by atoms with Gasteiger partial charge < -0.3 is 10.2 Å². The quantitative estimate of drug-likeness (QED) is 0.564. The van der Waals surface area contributed by atoms with Gasteiger partial charge in [0.05, 0.1) is 13.0 Å². The molecule has 0 saturated heterocycles. The Morgan fingerprint density at radius 2 is 2.31 bits per heavy atom. The summed E-state index contributed by atoms with van der Waals surface area (Å²) < 4.78 is 0. The molecule has 4 heteroatoms. The molecule has 0 saturated carbocycles. The SMILES string of the molecule is C=CCN(CCO)C(C)CC(=O)O. The largest absolute Gasteiger partial charge is 0.481 e. The van der Waals surface area contributed by atoms with Crippen LogP contribution in [0.15, 0.2) is 12.7 Å². The normalized spacial score (nSPS) is 12.8. The number of carboxylic acids is 1. The van der Waals surface area contributed by atoms with E-state index in [0.717, 1.165) is 0 Å². The highest BCUT2D eigenvalue weighted by Gasteiger charge is 2.14. The van der Waals surface area contributed by atoms with Gasteiger partial charge in [0.1, 0.15) is 0 Å². The van der Waals surface area contributed by atoms with E-state index < -0.39 is 5.97 Å². The summed E-state index contributed by atoms with van der Waals surface area (Å²) in [7, 11) is 0. The molecule has 0 aromatic carbocycles. The zero-order chi connectivity index (χ0) is 10.3. The first-order valence-electron chi connectivity index (χ1n) is 4.29. The lowest BCUT2D eigenvalue weighted by Crippen LogP contribution is -2.36. The van der Waals surface area contributed by atoms with E-state index in [9.17, 15) is 4.79 Å². The fourth-order valence-corrected chi connectivity index (χ4v) is 1.17. The second kappa shape index (κ2) is 6.62. The smallest absolute Gasteiger partial charge is 0.304 e. The van der Waals surface area contributed by atoms with E-state index in [0.29, 0.717) is 13.1 Å². The van der Waals surface area contributed by atoms with E-state index in [1.165, 1.54) is 0 Å². The van der Waals surface area contributed by atoms with Gasteiger partial charge in [-0.3, -0.25) is 9.69 Å². The minimum absolute atomic E-state index is 0.0395. The minimum Gasteiger partial charge on any atom is -0.481 e. The van der Waals surface area contributed by atoms with Gasteiger partial charge in [0.15, 0.2) is 0 Å². The van der Waals surface area contributed by atoms with Crippen molar-refractivity contribution in [2.75, 3.05) is 19.7 Å². The van der Waals surface area contributed by atoms with Crippen molar-refractivity contribution in [3.63, 3.8) is 0 Å². The highest BCUT2D eigenvalue weighted by Crippen LogP contribution is 2.03. The van der Waals surface area contributed by atoms with Gasteiger partial charge in [0.25, 0.3) is 0 Å². The maximum atomic E-state index is 10.4. The lowest BCUT2D eigenvalue weighted by Gasteiger charge is -2.25. The molecule has 0 aromatic rings. The molecule has 76 valence electrons. The Hall–Kier alpha value is -0.870. The van der Waals surface area contributed by atoms with Gasteiger partial charge in [-0.15, -0.1) is 6.58 Å². The fraction of sp³-hybridized carbons (Fsp3) is 0.667. The van der Waals surface area contributed by atoms with Gasteiger partial charge in [-0.05, 0) is 6.92 Å². The van der Waals surface area contributed by atoms with Crippen LogP contribution in [0.25, 0.3) is 0 Å². The van der Waals surface area contributed by atoms with Crippen LogP contribution in [-0.4, -0.2) is 46.8 Å². The summed E-state index contributed by atoms with van der Waals surface area (Å²) >= 11 is 0. The molecule has 0 heterocycles. The van der Waals surface area contributed by atoms with E-state index in [1.54, 1.807) is 6.08 Å². The molecule has 4 nitrogen and oxygen atoms in total. The van der Waals surface area contributed by atoms with Crippen molar-refractivity contribution in [3.05, 3.63) is 12.7 Å². The van der Waals surface area contributed by atoms with Gasteiger partial charge in [-0.2, -0.15) is 0 Å². The van der Waals surface area contributed by atoms with E-state index >= 15 is 0 Å². The van der Waals surface area contributed by atoms with Crippen LogP contribution >= 0.6 is 0 Å². The number of aliphatic carboxylic acids is 1. The number of aliphatic hydroxyl groups is 1. The summed E-state index contributed by atoms with van der Waals surface area (Å²) in [5.41, 5.74) is 0. The number of carboxylic acid groups (broad SMARTS) is 1. The Morgan fingerprint density at radius 3 is 2.69 bits per heavy atom. The van der Waals surface area contributed by atoms with Gasteiger partial charge in [0.2, 0.25) is 0 Å². The van der Waals surface area contributed by atoms with Crippen molar-refractivity contribution in [3.8, 4) is 0 Å². The molecule has 0 radical (unpaired) electrons. The van der Waals surface area contributed by atoms with Crippen molar-refractivity contribution < 1.29 is 15.0 Å². The second-order valence-electron chi connectivity index (χ2n) is 2.95. The van der Waals surface area contributed by atoms with E-state index in [4.69, 9.17) is 10.2 Å². The molecule has 13 heavy (non-hydrogen) atoms. The number of aliphatic hydroxyl groups excluding tert-OH is 1. The fourth-order valence-electron chi connectivity index (χ4n) is 1.17. The predicted octanol–water partition coefficient (Wildman–Crippen LogP) is 0.330. The van der Waals surface area contributed by atoms with Gasteiger partial charge in [-0.1, -0.05) is 6.08 Å². The Morgan fingerprint density at radius 1 is 1.69 bits per heavy atom. The van der Waals surface area contributed by atoms with Gasteiger partial charge >= 0.3 is 5.97 Å². The summed E-state index contributed by atoms with van der Waals surface area (Å²) in [6, 6.07) is -0.0670. The zero-order valence-electron chi connectivity index (χ0n) is 7.94. The summed E-state index contributed by atoms with van der Waals surface area (Å²) in [4.78, 5) is 12.3. The van der Waals surface area contributed by atoms with Crippen molar-refractivity contribution in [2.24, 2.45) is 0 Å². The molecule has 0 rings (SSSR count). The molecule has 0 aliphatic rings. The van der Waals surface area contributed by atoms with E-state index in [2.05, 4.69) is 6.58 Å². The van der Waals surface area contributed by atoms with Crippen LogP contribution < -0.4 is 0 Å². The van der Waals surface area contributed by atoms with Gasteiger partial charge in [0, 0.05) is 19.1 Å². The Labute approximate surface area is 78.5 Å². The highest BCUT2D eigenvalue weighted by molar-refractivity contribution is 5.67. The van der Waals surface area contributed by atoms with Crippen LogP contribution in [0, 0.1) is 0 Å². The molecule has 0 aliphatic heterocycles. The highest BCUT2D eigenvalue weighted by atomic mass is 16.4. The summed E-state index contributed by atoms with van der Waals surface area (Å²) in [6.07, 6.45) is 1.79. The molecule has 1 atom stereocenters. The summed E-state index contributed by atoms with van der Waals surface area (Å²) in [6.45, 7) is 6.53. The Balaban J connectivity index is 4.00. The molecule has 1 unspecified atom stereocenters. The molecule has 0 fully saturated rings. The lowest BCUT2D eigenvalue weighted by atomic mass is 10.2. The number of nitrogens with zero attached hydrogens (tertiary/aromatic N) is 1. The lowest BCUT2D eigenvalue weighted by molar-refractivity contribution is -0.138. The zero-order valence-corrected chi connectivity index (χ0v) is 7.94. The van der Waals surface area contributed by atoms with Crippen LogP contribution in [0.3, 0.4) is 0 Å². The second-order valence-corrected chi connectivity index (χ2v) is 2.95. The topological polar surface area (TPSA) is 60.8 Å². The minimum atomic E-state index is -0.820. The number of hydrogen-bond acceptors (Lipinski definition) is 3. The van der Waals surface area contributed by atoms with Crippen LogP contribution in [-0.2, 0) is 4.79 Å².